The first kappa shape index (κ1) is 20.6. The van der Waals surface area contributed by atoms with Crippen LogP contribution in [0.15, 0.2) is 29.3 Å². The second kappa shape index (κ2) is 10.4. The Balaban J connectivity index is 0.00000243. The Kier molecular flexibility index (Phi) is 8.27. The van der Waals surface area contributed by atoms with Gasteiger partial charge >= 0.3 is 0 Å². The lowest BCUT2D eigenvalue weighted by Crippen LogP contribution is -2.38. The molecule has 8 heteroatoms. The predicted octanol–water partition coefficient (Wildman–Crippen LogP) is 2.67. The van der Waals surface area contributed by atoms with E-state index < -0.39 is 0 Å². The average molecular weight is 472 g/mol. The Morgan fingerprint density at radius 3 is 2.77 bits per heavy atom. The summed E-state index contributed by atoms with van der Waals surface area (Å²) in [5.41, 5.74) is 1.09. The van der Waals surface area contributed by atoms with Gasteiger partial charge < -0.3 is 15.2 Å². The van der Waals surface area contributed by atoms with Crippen molar-refractivity contribution in [3.63, 3.8) is 0 Å². The highest BCUT2D eigenvalue weighted by atomic mass is 127. The molecule has 2 N–H and O–H groups in total. The van der Waals surface area contributed by atoms with Gasteiger partial charge in [-0.1, -0.05) is 12.1 Å². The number of nitrogens with zero attached hydrogens (tertiary/aromatic N) is 4. The number of hydrogen-bond acceptors (Lipinski definition) is 3. The first-order valence-corrected chi connectivity index (χ1v) is 8.94. The molecule has 2 aromatic rings. The molecule has 6 nitrogen and oxygen atoms in total. The molecule has 0 saturated carbocycles. The molecule has 0 spiro atoms. The molecular formula is C18H26FIN6. The van der Waals surface area contributed by atoms with Crippen LogP contribution in [0.5, 0.6) is 0 Å². The van der Waals surface area contributed by atoms with E-state index in [9.17, 15) is 4.39 Å². The van der Waals surface area contributed by atoms with E-state index in [4.69, 9.17) is 0 Å². The molecule has 0 atom stereocenters. The third kappa shape index (κ3) is 5.65. The van der Waals surface area contributed by atoms with Crippen molar-refractivity contribution in [2.75, 3.05) is 13.1 Å². The SMILES string of the molecule is CCNC(=NCc1nnc2n1CCCC2)NCCc1ccc(F)cc1.I. The number of halogens is 2. The molecule has 0 fully saturated rings. The molecule has 1 aromatic heterocycles. The monoisotopic (exact) mass is 472 g/mol. The predicted molar refractivity (Wildman–Crippen MR) is 111 cm³/mol. The minimum Gasteiger partial charge on any atom is -0.357 e. The highest BCUT2D eigenvalue weighted by molar-refractivity contribution is 14.0. The number of aromatic nitrogens is 3. The normalized spacial score (nSPS) is 13.7. The molecule has 0 saturated heterocycles. The molecule has 0 bridgehead atoms. The van der Waals surface area contributed by atoms with Crippen molar-refractivity contribution in [3.05, 3.63) is 47.3 Å². The summed E-state index contributed by atoms with van der Waals surface area (Å²) in [5.74, 6) is 2.55. The number of aryl methyl sites for hydroxylation is 1. The van der Waals surface area contributed by atoms with Gasteiger partial charge in [-0.3, -0.25) is 0 Å². The van der Waals surface area contributed by atoms with Gasteiger partial charge in [0.1, 0.15) is 18.2 Å². The van der Waals surface area contributed by atoms with E-state index in [1.165, 1.54) is 25.0 Å². The zero-order chi connectivity index (χ0) is 17.5. The maximum Gasteiger partial charge on any atom is 0.191 e. The third-order valence-corrected chi connectivity index (χ3v) is 4.28. The van der Waals surface area contributed by atoms with E-state index in [-0.39, 0.29) is 29.8 Å². The van der Waals surface area contributed by atoms with E-state index in [1.807, 2.05) is 19.1 Å². The molecule has 0 aliphatic carbocycles. The van der Waals surface area contributed by atoms with Crippen LogP contribution in [-0.2, 0) is 25.9 Å². The lowest BCUT2D eigenvalue weighted by Gasteiger charge is -2.14. The lowest BCUT2D eigenvalue weighted by atomic mass is 10.1. The lowest BCUT2D eigenvalue weighted by molar-refractivity contribution is 0.508. The fraction of sp³-hybridized carbons (Fsp3) is 0.500. The first-order chi connectivity index (χ1) is 12.3. The molecule has 1 aliphatic heterocycles. The van der Waals surface area contributed by atoms with Crippen molar-refractivity contribution >= 4 is 29.9 Å². The van der Waals surface area contributed by atoms with Crippen LogP contribution in [-0.4, -0.2) is 33.8 Å². The molecule has 142 valence electrons. The van der Waals surface area contributed by atoms with Gasteiger partial charge in [0, 0.05) is 26.1 Å². The number of guanidine groups is 1. The number of nitrogens with one attached hydrogen (secondary N) is 2. The molecule has 26 heavy (non-hydrogen) atoms. The molecule has 1 aliphatic rings. The minimum atomic E-state index is -0.205. The van der Waals surface area contributed by atoms with E-state index in [0.717, 1.165) is 55.6 Å². The zero-order valence-corrected chi connectivity index (χ0v) is 17.4. The molecule has 2 heterocycles. The fourth-order valence-corrected chi connectivity index (χ4v) is 2.95. The summed E-state index contributed by atoms with van der Waals surface area (Å²) in [4.78, 5) is 4.62. The Morgan fingerprint density at radius 1 is 1.19 bits per heavy atom. The highest BCUT2D eigenvalue weighted by Gasteiger charge is 2.15. The quantitative estimate of drug-likeness (QED) is 0.386. The van der Waals surface area contributed by atoms with Gasteiger partial charge in [-0.2, -0.15) is 0 Å². The summed E-state index contributed by atoms with van der Waals surface area (Å²) in [6.45, 7) is 5.06. The van der Waals surface area contributed by atoms with Crippen molar-refractivity contribution in [3.8, 4) is 0 Å². The van der Waals surface area contributed by atoms with Crippen LogP contribution in [0, 0.1) is 5.82 Å². The highest BCUT2D eigenvalue weighted by Crippen LogP contribution is 2.14. The molecule has 3 rings (SSSR count). The summed E-state index contributed by atoms with van der Waals surface area (Å²) in [5, 5.41) is 15.1. The Hall–Kier alpha value is -1.71. The fourth-order valence-electron chi connectivity index (χ4n) is 2.95. The Morgan fingerprint density at radius 2 is 2.00 bits per heavy atom. The standard InChI is InChI=1S/C18H25FN6.HI/c1-2-20-18(21-11-10-14-6-8-15(19)9-7-14)22-13-17-24-23-16-5-3-4-12-25(16)17;/h6-9H,2-5,10-13H2,1H3,(H2,20,21,22);1H. The summed E-state index contributed by atoms with van der Waals surface area (Å²) >= 11 is 0. The van der Waals surface area contributed by atoms with Crippen molar-refractivity contribution < 1.29 is 4.39 Å². The second-order valence-corrected chi connectivity index (χ2v) is 6.14. The van der Waals surface area contributed by atoms with Gasteiger partial charge in [0.05, 0.1) is 0 Å². The van der Waals surface area contributed by atoms with Crippen LogP contribution in [0.2, 0.25) is 0 Å². The van der Waals surface area contributed by atoms with E-state index in [0.29, 0.717) is 6.54 Å². The van der Waals surface area contributed by atoms with E-state index >= 15 is 0 Å². The van der Waals surface area contributed by atoms with Crippen molar-refractivity contribution in [2.24, 2.45) is 4.99 Å². The summed E-state index contributed by atoms with van der Waals surface area (Å²) in [6.07, 6.45) is 4.18. The summed E-state index contributed by atoms with van der Waals surface area (Å²) in [6, 6.07) is 6.60. The van der Waals surface area contributed by atoms with Crippen molar-refractivity contribution in [1.29, 1.82) is 0 Å². The molecule has 0 radical (unpaired) electrons. The van der Waals surface area contributed by atoms with Gasteiger partial charge in [-0.25, -0.2) is 9.38 Å². The largest absolute Gasteiger partial charge is 0.357 e. The van der Waals surface area contributed by atoms with Gasteiger partial charge in [-0.05, 0) is 43.9 Å². The van der Waals surface area contributed by atoms with Crippen LogP contribution >= 0.6 is 24.0 Å². The topological polar surface area (TPSA) is 67.1 Å². The number of benzene rings is 1. The smallest absolute Gasteiger partial charge is 0.191 e. The minimum absolute atomic E-state index is 0. The second-order valence-electron chi connectivity index (χ2n) is 6.14. The van der Waals surface area contributed by atoms with Gasteiger partial charge in [0.15, 0.2) is 11.8 Å². The zero-order valence-electron chi connectivity index (χ0n) is 15.0. The van der Waals surface area contributed by atoms with E-state index in [1.54, 1.807) is 0 Å². The van der Waals surface area contributed by atoms with E-state index in [2.05, 4.69) is 30.4 Å². The average Bonchev–Trinajstić information content (AvgIpc) is 3.04. The molecule has 1 aromatic carbocycles. The van der Waals surface area contributed by atoms with Gasteiger partial charge in [0.25, 0.3) is 0 Å². The molecule has 0 unspecified atom stereocenters. The number of hydrogen-bond donors (Lipinski definition) is 2. The first-order valence-electron chi connectivity index (χ1n) is 8.94. The maximum atomic E-state index is 12.9. The van der Waals surface area contributed by atoms with Crippen LogP contribution < -0.4 is 10.6 Å². The number of fused-ring (bicyclic) bond motifs is 1. The third-order valence-electron chi connectivity index (χ3n) is 4.28. The number of aliphatic imine (C=N–C) groups is 1. The number of rotatable bonds is 6. The Labute approximate surface area is 170 Å². The Bertz CT molecular complexity index is 713. The summed E-state index contributed by atoms with van der Waals surface area (Å²) in [7, 11) is 0. The summed E-state index contributed by atoms with van der Waals surface area (Å²) < 4.78 is 15.1. The van der Waals surface area contributed by atoms with Gasteiger partial charge in [-0.15, -0.1) is 34.2 Å². The molecular weight excluding hydrogens is 446 g/mol. The van der Waals surface area contributed by atoms with Crippen LogP contribution in [0.3, 0.4) is 0 Å². The van der Waals surface area contributed by atoms with Crippen LogP contribution in [0.4, 0.5) is 4.39 Å². The molecule has 0 amide bonds. The van der Waals surface area contributed by atoms with Crippen LogP contribution in [0.1, 0.15) is 37.0 Å². The van der Waals surface area contributed by atoms with Crippen molar-refractivity contribution in [2.45, 2.75) is 45.7 Å². The van der Waals surface area contributed by atoms with Crippen LogP contribution in [0.25, 0.3) is 0 Å². The van der Waals surface area contributed by atoms with Gasteiger partial charge in [0.2, 0.25) is 0 Å². The van der Waals surface area contributed by atoms with Crippen molar-refractivity contribution in [1.82, 2.24) is 25.4 Å². The maximum absolute atomic E-state index is 12.9.